The first-order chi connectivity index (χ1) is 13.1. The largest absolute Gasteiger partial charge is 0.496 e. The molecule has 2 aromatic carbocycles. The number of nitrogens with zero attached hydrogens (tertiary/aromatic N) is 1. The summed E-state index contributed by atoms with van der Waals surface area (Å²) in [6.07, 6.45) is 1.47. The van der Waals surface area contributed by atoms with Gasteiger partial charge in [0.1, 0.15) is 5.75 Å². The molecule has 4 rings (SSSR count). The van der Waals surface area contributed by atoms with E-state index in [0.717, 1.165) is 22.2 Å². The molecular formula is C22H18N2O3. The van der Waals surface area contributed by atoms with Gasteiger partial charge < -0.3 is 14.5 Å². The number of benzene rings is 2. The fourth-order valence-electron chi connectivity index (χ4n) is 2.99. The van der Waals surface area contributed by atoms with Crippen LogP contribution in [0.1, 0.15) is 16.1 Å². The number of methoxy groups -OCH3 is 1. The van der Waals surface area contributed by atoms with Crippen molar-refractivity contribution in [2.24, 2.45) is 0 Å². The number of carbonyl (C=O) groups is 1. The van der Waals surface area contributed by atoms with Crippen molar-refractivity contribution in [1.82, 2.24) is 4.98 Å². The van der Waals surface area contributed by atoms with Crippen LogP contribution < -0.4 is 10.1 Å². The highest BCUT2D eigenvalue weighted by molar-refractivity contribution is 6.03. The molecule has 0 aliphatic carbocycles. The number of hydrogen-bond donors (Lipinski definition) is 1. The molecule has 0 aliphatic rings. The first-order valence-corrected chi connectivity index (χ1v) is 8.55. The Balaban J connectivity index is 1.73. The zero-order valence-corrected chi connectivity index (χ0v) is 15.0. The van der Waals surface area contributed by atoms with E-state index in [1.54, 1.807) is 19.2 Å². The van der Waals surface area contributed by atoms with E-state index >= 15 is 0 Å². The highest BCUT2D eigenvalue weighted by Gasteiger charge is 2.12. The predicted molar refractivity (Wildman–Crippen MR) is 105 cm³/mol. The van der Waals surface area contributed by atoms with Crippen molar-refractivity contribution in [3.63, 3.8) is 0 Å². The van der Waals surface area contributed by atoms with Gasteiger partial charge in [0, 0.05) is 22.7 Å². The smallest absolute Gasteiger partial charge is 0.291 e. The maximum atomic E-state index is 12.2. The summed E-state index contributed by atoms with van der Waals surface area (Å²) in [6, 6.07) is 18.9. The van der Waals surface area contributed by atoms with Crippen LogP contribution in [-0.4, -0.2) is 18.0 Å². The van der Waals surface area contributed by atoms with Crippen molar-refractivity contribution in [2.45, 2.75) is 6.92 Å². The van der Waals surface area contributed by atoms with Crippen LogP contribution in [0.25, 0.3) is 22.2 Å². The van der Waals surface area contributed by atoms with E-state index in [-0.39, 0.29) is 11.7 Å². The topological polar surface area (TPSA) is 64.4 Å². The Bertz CT molecular complexity index is 1120. The van der Waals surface area contributed by atoms with Gasteiger partial charge in [-0.25, -0.2) is 4.98 Å². The summed E-state index contributed by atoms with van der Waals surface area (Å²) in [5.41, 5.74) is 4.49. The van der Waals surface area contributed by atoms with Gasteiger partial charge in [0.2, 0.25) is 0 Å². The fourth-order valence-corrected chi connectivity index (χ4v) is 2.99. The minimum Gasteiger partial charge on any atom is -0.496 e. The van der Waals surface area contributed by atoms with Gasteiger partial charge in [0.15, 0.2) is 5.76 Å². The molecule has 0 saturated carbocycles. The molecule has 1 amide bonds. The third-order valence-corrected chi connectivity index (χ3v) is 4.31. The van der Waals surface area contributed by atoms with Gasteiger partial charge in [-0.2, -0.15) is 0 Å². The van der Waals surface area contributed by atoms with Gasteiger partial charge >= 0.3 is 0 Å². The van der Waals surface area contributed by atoms with Crippen LogP contribution >= 0.6 is 0 Å². The Morgan fingerprint density at radius 3 is 2.70 bits per heavy atom. The van der Waals surface area contributed by atoms with Crippen molar-refractivity contribution in [3.8, 4) is 17.0 Å². The molecule has 0 atom stereocenters. The number of furan rings is 1. The van der Waals surface area contributed by atoms with E-state index in [1.807, 2.05) is 36.4 Å². The third-order valence-electron chi connectivity index (χ3n) is 4.31. The summed E-state index contributed by atoms with van der Waals surface area (Å²) >= 11 is 0. The summed E-state index contributed by atoms with van der Waals surface area (Å²) in [7, 11) is 1.63. The number of aryl methyl sites for hydroxylation is 1. The van der Waals surface area contributed by atoms with Gasteiger partial charge in [-0.3, -0.25) is 4.79 Å². The lowest BCUT2D eigenvalue weighted by Crippen LogP contribution is -2.10. The van der Waals surface area contributed by atoms with Gasteiger partial charge in [0.25, 0.3) is 5.91 Å². The van der Waals surface area contributed by atoms with Crippen LogP contribution in [0.3, 0.4) is 0 Å². The van der Waals surface area contributed by atoms with Gasteiger partial charge in [-0.05, 0) is 43.3 Å². The molecule has 0 saturated heterocycles. The second kappa shape index (κ2) is 6.96. The minimum atomic E-state index is -0.303. The van der Waals surface area contributed by atoms with Crippen molar-refractivity contribution in [2.75, 3.05) is 12.4 Å². The zero-order valence-electron chi connectivity index (χ0n) is 15.0. The fraction of sp³-hybridized carbons (Fsp3) is 0.0909. The number of amides is 1. The van der Waals surface area contributed by atoms with Crippen molar-refractivity contribution in [1.29, 1.82) is 0 Å². The SMILES string of the molecule is COc1cc(-c2cccc(C)c2)nc2ccc(NC(=O)c3ccco3)cc12. The van der Waals surface area contributed by atoms with E-state index in [4.69, 9.17) is 14.1 Å². The average Bonchev–Trinajstić information content (AvgIpc) is 3.22. The maximum Gasteiger partial charge on any atom is 0.291 e. The Labute approximate surface area is 156 Å². The van der Waals surface area contributed by atoms with Crippen LogP contribution in [0.2, 0.25) is 0 Å². The van der Waals surface area contributed by atoms with Crippen molar-refractivity contribution in [3.05, 3.63) is 78.3 Å². The monoisotopic (exact) mass is 358 g/mol. The lowest BCUT2D eigenvalue weighted by Gasteiger charge is -2.11. The number of carbonyl (C=O) groups excluding carboxylic acids is 1. The second-order valence-corrected chi connectivity index (χ2v) is 6.24. The van der Waals surface area contributed by atoms with Gasteiger partial charge in [0.05, 0.1) is 24.6 Å². The molecule has 0 unspecified atom stereocenters. The number of pyridine rings is 1. The number of aromatic nitrogens is 1. The summed E-state index contributed by atoms with van der Waals surface area (Å²) < 4.78 is 10.7. The van der Waals surface area contributed by atoms with E-state index in [1.165, 1.54) is 11.8 Å². The second-order valence-electron chi connectivity index (χ2n) is 6.24. The third kappa shape index (κ3) is 3.40. The summed E-state index contributed by atoms with van der Waals surface area (Å²) in [5, 5.41) is 3.65. The Hall–Kier alpha value is -3.60. The number of anilines is 1. The summed E-state index contributed by atoms with van der Waals surface area (Å²) in [6.45, 7) is 2.05. The number of nitrogens with one attached hydrogen (secondary N) is 1. The van der Waals surface area contributed by atoms with Gasteiger partial charge in [-0.15, -0.1) is 0 Å². The van der Waals surface area contributed by atoms with Crippen LogP contribution in [0.15, 0.2) is 71.3 Å². The number of fused-ring (bicyclic) bond motifs is 1. The highest BCUT2D eigenvalue weighted by atomic mass is 16.5. The van der Waals surface area contributed by atoms with Crippen LogP contribution in [0.5, 0.6) is 5.75 Å². The van der Waals surface area contributed by atoms with Crippen molar-refractivity contribution < 1.29 is 13.9 Å². The molecule has 2 heterocycles. The van der Waals surface area contributed by atoms with E-state index < -0.39 is 0 Å². The Kier molecular flexibility index (Phi) is 4.34. The standard InChI is InChI=1S/C22H18N2O3/c1-14-5-3-6-15(11-14)19-13-21(26-2)17-12-16(8-9-18(17)24-19)23-22(25)20-7-4-10-27-20/h3-13H,1-2H3,(H,23,25). The highest BCUT2D eigenvalue weighted by Crippen LogP contribution is 2.32. The molecule has 5 heteroatoms. The van der Waals surface area contributed by atoms with E-state index in [2.05, 4.69) is 24.4 Å². The van der Waals surface area contributed by atoms with Crippen LogP contribution in [-0.2, 0) is 0 Å². The molecule has 0 radical (unpaired) electrons. The Morgan fingerprint density at radius 2 is 1.96 bits per heavy atom. The molecule has 0 aliphatic heterocycles. The molecule has 0 spiro atoms. The van der Waals surface area contributed by atoms with E-state index in [0.29, 0.717) is 11.4 Å². The first kappa shape index (κ1) is 16.8. The average molecular weight is 358 g/mol. The van der Waals surface area contributed by atoms with Gasteiger partial charge in [-0.1, -0.05) is 23.8 Å². The number of rotatable bonds is 4. The lowest BCUT2D eigenvalue weighted by atomic mass is 10.1. The van der Waals surface area contributed by atoms with E-state index in [9.17, 15) is 4.79 Å². The van der Waals surface area contributed by atoms with Crippen LogP contribution in [0, 0.1) is 6.92 Å². The predicted octanol–water partition coefficient (Wildman–Crippen LogP) is 5.06. The molecule has 2 aromatic heterocycles. The first-order valence-electron chi connectivity index (χ1n) is 8.55. The Morgan fingerprint density at radius 1 is 1.07 bits per heavy atom. The molecule has 1 N–H and O–H groups in total. The number of ether oxygens (including phenoxy) is 1. The molecule has 5 nitrogen and oxygen atoms in total. The molecule has 0 bridgehead atoms. The number of hydrogen-bond acceptors (Lipinski definition) is 4. The quantitative estimate of drug-likeness (QED) is 0.553. The van der Waals surface area contributed by atoms with Crippen LogP contribution in [0.4, 0.5) is 5.69 Å². The minimum absolute atomic E-state index is 0.259. The normalized spacial score (nSPS) is 10.7. The lowest BCUT2D eigenvalue weighted by molar-refractivity contribution is 0.0996. The zero-order chi connectivity index (χ0) is 18.8. The maximum absolute atomic E-state index is 12.2. The molecule has 27 heavy (non-hydrogen) atoms. The van der Waals surface area contributed by atoms with Crippen molar-refractivity contribution >= 4 is 22.5 Å². The molecule has 0 fully saturated rings. The molecule has 4 aromatic rings. The molecule has 134 valence electrons. The molecular weight excluding hydrogens is 340 g/mol. The summed E-state index contributed by atoms with van der Waals surface area (Å²) in [4.78, 5) is 16.9. The summed E-state index contributed by atoms with van der Waals surface area (Å²) in [5.74, 6) is 0.656.